The third-order valence-corrected chi connectivity index (χ3v) is 6.87. The van der Waals surface area contributed by atoms with Gasteiger partial charge in [0.2, 0.25) is 11.9 Å². The summed E-state index contributed by atoms with van der Waals surface area (Å²) >= 11 is 0. The van der Waals surface area contributed by atoms with Crippen molar-refractivity contribution in [2.45, 2.75) is 45.6 Å². The van der Waals surface area contributed by atoms with E-state index in [9.17, 15) is 9.18 Å². The second-order valence-electron chi connectivity index (χ2n) is 9.70. The van der Waals surface area contributed by atoms with Crippen LogP contribution in [0.2, 0.25) is 0 Å². The van der Waals surface area contributed by atoms with E-state index < -0.39 is 5.82 Å². The highest BCUT2D eigenvalue weighted by Gasteiger charge is 2.29. The number of H-pyrrole nitrogens is 1. The number of rotatable bonds is 7. The number of aromatic nitrogens is 7. The first-order valence-corrected chi connectivity index (χ1v) is 12.6. The van der Waals surface area contributed by atoms with Crippen LogP contribution in [0.5, 0.6) is 0 Å². The summed E-state index contributed by atoms with van der Waals surface area (Å²) in [7, 11) is 1.87. The fraction of sp³-hybridized carbons (Fsp3) is 0.385. The van der Waals surface area contributed by atoms with Crippen LogP contribution in [0.15, 0.2) is 42.9 Å². The topological polar surface area (TPSA) is 121 Å². The van der Waals surface area contributed by atoms with E-state index in [2.05, 4.69) is 35.5 Å². The van der Waals surface area contributed by atoms with E-state index in [4.69, 9.17) is 4.98 Å². The van der Waals surface area contributed by atoms with Gasteiger partial charge in [-0.05, 0) is 45.2 Å². The van der Waals surface area contributed by atoms with Gasteiger partial charge in [0.05, 0.1) is 18.3 Å². The minimum absolute atomic E-state index is 0.0377. The van der Waals surface area contributed by atoms with Crippen LogP contribution in [0.3, 0.4) is 0 Å². The predicted octanol–water partition coefficient (Wildman–Crippen LogP) is 3.51. The molecule has 0 spiro atoms. The van der Waals surface area contributed by atoms with E-state index in [0.29, 0.717) is 23.4 Å². The summed E-state index contributed by atoms with van der Waals surface area (Å²) in [6.45, 7) is 7.27. The number of nitrogens with one attached hydrogen (secondary N) is 2. The molecule has 1 aliphatic rings. The normalized spacial score (nSPS) is 14.9. The number of carbonyl (C=O) groups is 1. The number of likely N-dealkylation sites (N-methyl/N-ethyl adjacent to an activating group) is 1. The third-order valence-electron chi connectivity index (χ3n) is 6.87. The summed E-state index contributed by atoms with van der Waals surface area (Å²) < 4.78 is 14.6. The van der Waals surface area contributed by atoms with Gasteiger partial charge in [0.1, 0.15) is 5.82 Å². The van der Waals surface area contributed by atoms with Crippen LogP contribution >= 0.6 is 0 Å². The molecule has 2 N–H and O–H groups in total. The minimum Gasteiger partial charge on any atom is -0.342 e. The zero-order chi connectivity index (χ0) is 26.8. The fourth-order valence-electron chi connectivity index (χ4n) is 4.67. The number of hydrogen-bond donors (Lipinski definition) is 2. The molecule has 5 heterocycles. The van der Waals surface area contributed by atoms with Gasteiger partial charge in [-0.3, -0.25) is 9.89 Å². The van der Waals surface area contributed by atoms with Crippen LogP contribution in [0.4, 0.5) is 22.0 Å². The molecule has 0 aliphatic carbocycles. The highest BCUT2D eigenvalue weighted by Crippen LogP contribution is 2.25. The summed E-state index contributed by atoms with van der Waals surface area (Å²) in [6, 6.07) is 7.51. The van der Waals surface area contributed by atoms with Crippen molar-refractivity contribution >= 4 is 23.5 Å². The van der Waals surface area contributed by atoms with Gasteiger partial charge in [-0.25, -0.2) is 19.0 Å². The molecule has 1 amide bonds. The van der Waals surface area contributed by atoms with Crippen molar-refractivity contribution in [3.63, 3.8) is 0 Å². The molecule has 4 aromatic heterocycles. The SMILES string of the molecule is Cc1cc(Nc2cc(C)[nH]n2)nc(N2CCC(N(C)C(=O)C(C)c3ccc(-n4cc(F)cn4)nc3)CC2)n1. The molecule has 0 radical (unpaired) electrons. The lowest BCUT2D eigenvalue weighted by molar-refractivity contribution is -0.133. The molecule has 0 aromatic carbocycles. The zero-order valence-electron chi connectivity index (χ0n) is 21.9. The summed E-state index contributed by atoms with van der Waals surface area (Å²) in [6.07, 6.45) is 5.67. The van der Waals surface area contributed by atoms with E-state index in [-0.39, 0.29) is 17.9 Å². The first kappa shape index (κ1) is 25.3. The Morgan fingerprint density at radius 1 is 1.16 bits per heavy atom. The van der Waals surface area contributed by atoms with Crippen LogP contribution in [0, 0.1) is 19.7 Å². The van der Waals surface area contributed by atoms with Gasteiger partial charge in [-0.1, -0.05) is 6.07 Å². The van der Waals surface area contributed by atoms with Crippen molar-refractivity contribution in [3.8, 4) is 5.82 Å². The van der Waals surface area contributed by atoms with Crippen molar-refractivity contribution < 1.29 is 9.18 Å². The molecule has 4 aromatic rings. The number of carbonyl (C=O) groups excluding carboxylic acids is 1. The smallest absolute Gasteiger partial charge is 0.229 e. The Morgan fingerprint density at radius 3 is 2.58 bits per heavy atom. The zero-order valence-corrected chi connectivity index (χ0v) is 21.9. The second-order valence-corrected chi connectivity index (χ2v) is 9.70. The second kappa shape index (κ2) is 10.6. The maximum Gasteiger partial charge on any atom is 0.229 e. The Hall–Kier alpha value is -4.35. The van der Waals surface area contributed by atoms with E-state index in [1.54, 1.807) is 12.3 Å². The van der Waals surface area contributed by atoms with E-state index in [1.165, 1.54) is 10.9 Å². The van der Waals surface area contributed by atoms with Crippen LogP contribution in [-0.4, -0.2) is 71.9 Å². The first-order valence-electron chi connectivity index (χ1n) is 12.6. The lowest BCUT2D eigenvalue weighted by atomic mass is 9.98. The van der Waals surface area contributed by atoms with Gasteiger partial charge in [-0.2, -0.15) is 15.2 Å². The molecule has 11 nitrogen and oxygen atoms in total. The summed E-state index contributed by atoms with van der Waals surface area (Å²) in [4.78, 5) is 31.0. The maximum atomic E-state index is 13.3. The van der Waals surface area contributed by atoms with E-state index in [0.717, 1.165) is 49.1 Å². The van der Waals surface area contributed by atoms with Crippen molar-refractivity contribution in [3.05, 3.63) is 65.6 Å². The summed E-state index contributed by atoms with van der Waals surface area (Å²) in [5.74, 6) is 1.82. The van der Waals surface area contributed by atoms with E-state index >= 15 is 0 Å². The third kappa shape index (κ3) is 5.48. The standard InChI is InChI=1S/C26H31FN10O/c1-16-11-22(31-23-12-17(2)33-34-23)32-26(30-16)36-9-7-21(8-10-36)35(4)25(38)18(3)19-5-6-24(28-13-19)37-15-20(27)14-29-37/h5-6,11-15,18,21H,7-10H2,1-4H3,(H2,30,31,32,33,34). The van der Waals surface area contributed by atoms with E-state index in [1.807, 2.05) is 50.9 Å². The van der Waals surface area contributed by atoms with Crippen LogP contribution in [-0.2, 0) is 4.79 Å². The van der Waals surface area contributed by atoms with Crippen molar-refractivity contribution in [1.29, 1.82) is 0 Å². The van der Waals surface area contributed by atoms with Gasteiger partial charge in [0.25, 0.3) is 0 Å². The quantitative estimate of drug-likeness (QED) is 0.381. The largest absolute Gasteiger partial charge is 0.342 e. The highest BCUT2D eigenvalue weighted by molar-refractivity contribution is 5.83. The molecule has 5 rings (SSSR count). The van der Waals surface area contributed by atoms with Gasteiger partial charge in [0.15, 0.2) is 17.5 Å². The predicted molar refractivity (Wildman–Crippen MR) is 141 cm³/mol. The first-order chi connectivity index (χ1) is 18.3. The van der Waals surface area contributed by atoms with Crippen LogP contribution < -0.4 is 10.2 Å². The molecule has 12 heteroatoms. The Kier molecular flexibility index (Phi) is 7.03. The van der Waals surface area contributed by atoms with Gasteiger partial charge >= 0.3 is 0 Å². The fourth-order valence-corrected chi connectivity index (χ4v) is 4.67. The Labute approximate surface area is 220 Å². The molecule has 1 saturated heterocycles. The summed E-state index contributed by atoms with van der Waals surface area (Å²) in [5.41, 5.74) is 2.63. The lowest BCUT2D eigenvalue weighted by Crippen LogP contribution is -2.47. The minimum atomic E-state index is -0.428. The van der Waals surface area contributed by atoms with Gasteiger partial charge in [-0.15, -0.1) is 0 Å². The molecule has 1 unspecified atom stereocenters. The van der Waals surface area contributed by atoms with Crippen molar-refractivity contribution in [2.24, 2.45) is 0 Å². The number of hydrogen-bond acceptors (Lipinski definition) is 8. The Balaban J connectivity index is 1.19. The molecule has 1 aliphatic heterocycles. The molecule has 1 atom stereocenters. The lowest BCUT2D eigenvalue weighted by Gasteiger charge is -2.37. The molecular weight excluding hydrogens is 487 g/mol. The number of anilines is 3. The number of aromatic amines is 1. The number of nitrogens with zero attached hydrogens (tertiary/aromatic N) is 8. The van der Waals surface area contributed by atoms with Crippen molar-refractivity contribution in [2.75, 3.05) is 30.4 Å². The van der Waals surface area contributed by atoms with Crippen LogP contribution in [0.25, 0.3) is 5.82 Å². The Morgan fingerprint density at radius 2 is 1.95 bits per heavy atom. The average Bonchev–Trinajstić information content (AvgIpc) is 3.54. The number of pyridine rings is 1. The molecule has 198 valence electrons. The Bertz CT molecular complexity index is 1410. The monoisotopic (exact) mass is 518 g/mol. The highest BCUT2D eigenvalue weighted by atomic mass is 19.1. The average molecular weight is 519 g/mol. The summed E-state index contributed by atoms with van der Waals surface area (Å²) in [5, 5.41) is 14.3. The molecule has 0 bridgehead atoms. The maximum absolute atomic E-state index is 13.3. The number of piperidine rings is 1. The van der Waals surface area contributed by atoms with Gasteiger partial charge < -0.3 is 15.1 Å². The van der Waals surface area contributed by atoms with Gasteiger partial charge in [0, 0.05) is 55.9 Å². The molecule has 0 saturated carbocycles. The molecule has 38 heavy (non-hydrogen) atoms. The number of halogens is 1. The molecule has 1 fully saturated rings. The van der Waals surface area contributed by atoms with Crippen LogP contribution in [0.1, 0.15) is 42.6 Å². The number of amides is 1. The van der Waals surface area contributed by atoms with Crippen molar-refractivity contribution in [1.82, 2.24) is 39.8 Å². The molecular formula is C26H31FN10O. The number of aryl methyl sites for hydroxylation is 2.